The number of aryl methyl sites for hydroxylation is 1. The van der Waals surface area contributed by atoms with Crippen molar-refractivity contribution in [2.75, 3.05) is 11.5 Å². The first-order valence-electron chi connectivity index (χ1n) is 11.4. The monoisotopic (exact) mass is 477 g/mol. The summed E-state index contributed by atoms with van der Waals surface area (Å²) in [7, 11) is 0. The Bertz CT molecular complexity index is 1240. The number of hydrogen-bond acceptors (Lipinski definition) is 7. The fraction of sp³-hybridized carbons (Fsp3) is 0.320. The van der Waals surface area contributed by atoms with Gasteiger partial charge in [-0.05, 0) is 18.1 Å². The minimum atomic E-state index is -1.94. The van der Waals surface area contributed by atoms with Crippen LogP contribution in [0.1, 0.15) is 30.2 Å². The van der Waals surface area contributed by atoms with Crippen molar-refractivity contribution in [3.05, 3.63) is 93.8 Å². The van der Waals surface area contributed by atoms with E-state index in [-0.39, 0.29) is 24.4 Å². The van der Waals surface area contributed by atoms with Gasteiger partial charge < -0.3 is 15.1 Å². The zero-order valence-electron chi connectivity index (χ0n) is 19.3. The molecule has 4 rings (SSSR count). The summed E-state index contributed by atoms with van der Waals surface area (Å²) < 4.78 is 1.66. The minimum absolute atomic E-state index is 0.00362. The summed E-state index contributed by atoms with van der Waals surface area (Å²) in [5.74, 6) is -1.16. The molecule has 0 radical (unpaired) electrons. The molecule has 0 spiro atoms. The molecule has 1 aromatic heterocycles. The van der Waals surface area contributed by atoms with E-state index in [9.17, 15) is 20.0 Å². The van der Waals surface area contributed by atoms with E-state index in [1.54, 1.807) is 23.9 Å². The highest BCUT2D eigenvalue weighted by Crippen LogP contribution is 2.47. The summed E-state index contributed by atoms with van der Waals surface area (Å²) in [5.41, 5.74) is 0.158. The number of anilines is 1. The molecule has 1 aliphatic rings. The van der Waals surface area contributed by atoms with Crippen molar-refractivity contribution in [2.45, 2.75) is 38.5 Å². The lowest BCUT2D eigenvalue weighted by atomic mass is 9.82. The summed E-state index contributed by atoms with van der Waals surface area (Å²) in [6.07, 6.45) is 6.37. The third kappa shape index (κ3) is 4.84. The molecule has 2 heterocycles. The van der Waals surface area contributed by atoms with Crippen molar-refractivity contribution in [3.8, 4) is 0 Å². The smallest absolute Gasteiger partial charge is 0.269 e. The highest BCUT2D eigenvalue weighted by atomic mass is 16.6. The van der Waals surface area contributed by atoms with Crippen LogP contribution in [0.4, 0.5) is 11.4 Å². The number of aliphatic hydroxyl groups excluding tert-OH is 1. The number of rotatable bonds is 10. The van der Waals surface area contributed by atoms with E-state index in [1.807, 2.05) is 36.4 Å². The van der Waals surface area contributed by atoms with Crippen LogP contribution in [0.15, 0.2) is 66.9 Å². The third-order valence-corrected chi connectivity index (χ3v) is 6.21. The molecule has 0 saturated heterocycles. The van der Waals surface area contributed by atoms with E-state index in [1.165, 1.54) is 23.1 Å². The first-order valence-corrected chi connectivity index (χ1v) is 11.4. The van der Waals surface area contributed by atoms with Gasteiger partial charge in [-0.1, -0.05) is 54.6 Å². The fourth-order valence-electron chi connectivity index (χ4n) is 4.29. The largest absolute Gasteiger partial charge is 0.396 e. The average Bonchev–Trinajstić information content (AvgIpc) is 3.39. The maximum absolute atomic E-state index is 13.6. The normalized spacial score (nSPS) is 18.3. The Morgan fingerprint density at radius 1 is 1.23 bits per heavy atom. The van der Waals surface area contributed by atoms with Crippen molar-refractivity contribution in [3.63, 3.8) is 0 Å². The Morgan fingerprint density at radius 3 is 2.71 bits per heavy atom. The van der Waals surface area contributed by atoms with Crippen LogP contribution in [0.25, 0.3) is 0 Å². The number of hydrogen-bond donors (Lipinski definition) is 2. The van der Waals surface area contributed by atoms with Crippen LogP contribution in [0, 0.1) is 16.0 Å². The number of fused-ring (bicyclic) bond motifs is 1. The Hall–Kier alpha value is -3.89. The average molecular weight is 478 g/mol. The van der Waals surface area contributed by atoms with Crippen LogP contribution < -0.4 is 4.90 Å². The highest BCUT2D eigenvalue weighted by Gasteiger charge is 2.53. The van der Waals surface area contributed by atoms with E-state index >= 15 is 0 Å². The molecule has 182 valence electrons. The summed E-state index contributed by atoms with van der Waals surface area (Å²) in [6.45, 7) is 2.50. The van der Waals surface area contributed by atoms with Crippen LogP contribution in [0.3, 0.4) is 0 Å². The van der Waals surface area contributed by atoms with Crippen LogP contribution in [-0.2, 0) is 29.9 Å². The van der Waals surface area contributed by atoms with Crippen LogP contribution in [0.5, 0.6) is 0 Å². The number of nitro groups is 1. The second-order valence-electron chi connectivity index (χ2n) is 8.55. The number of nitrogens with zero attached hydrogens (tertiary/aromatic N) is 5. The van der Waals surface area contributed by atoms with Gasteiger partial charge in [0.15, 0.2) is 5.60 Å². The van der Waals surface area contributed by atoms with E-state index in [4.69, 9.17) is 5.11 Å². The summed E-state index contributed by atoms with van der Waals surface area (Å²) >= 11 is 0. The Kier molecular flexibility index (Phi) is 7.04. The number of carbonyl (C=O) groups excluding carboxylic acids is 1. The maximum atomic E-state index is 13.6. The predicted octanol–water partition coefficient (Wildman–Crippen LogP) is 2.74. The molecule has 35 heavy (non-hydrogen) atoms. The molecule has 10 heteroatoms. The lowest BCUT2D eigenvalue weighted by Crippen LogP contribution is -2.44. The molecule has 1 aliphatic heterocycles. The molecule has 0 bridgehead atoms. The molecule has 0 fully saturated rings. The van der Waals surface area contributed by atoms with Gasteiger partial charge in [0.2, 0.25) is 0 Å². The topological polar surface area (TPSA) is 135 Å². The first-order chi connectivity index (χ1) is 16.8. The Morgan fingerprint density at radius 2 is 2.00 bits per heavy atom. The number of benzene rings is 2. The molecular weight excluding hydrogens is 450 g/mol. The minimum Gasteiger partial charge on any atom is -0.396 e. The van der Waals surface area contributed by atoms with E-state index in [0.717, 1.165) is 5.56 Å². The molecule has 3 aromatic rings. The quantitative estimate of drug-likeness (QED) is 0.260. The molecule has 2 atom stereocenters. The lowest BCUT2D eigenvalue weighted by Gasteiger charge is -2.27. The molecule has 10 nitrogen and oxygen atoms in total. The summed E-state index contributed by atoms with van der Waals surface area (Å²) in [6, 6.07) is 13.5. The third-order valence-electron chi connectivity index (χ3n) is 6.21. The number of nitro benzene ring substituents is 1. The number of amides is 1. The second-order valence-corrected chi connectivity index (χ2v) is 8.55. The molecule has 2 aromatic carbocycles. The van der Waals surface area contributed by atoms with Gasteiger partial charge in [-0.2, -0.15) is 0 Å². The highest BCUT2D eigenvalue weighted by molar-refractivity contribution is 6.07. The predicted molar refractivity (Wildman–Crippen MR) is 128 cm³/mol. The van der Waals surface area contributed by atoms with Crippen molar-refractivity contribution in [1.82, 2.24) is 15.0 Å². The zero-order chi connectivity index (χ0) is 25.0. The number of aromatic nitrogens is 3. The molecule has 0 unspecified atom stereocenters. The van der Waals surface area contributed by atoms with Crippen molar-refractivity contribution >= 4 is 17.3 Å². The van der Waals surface area contributed by atoms with Crippen LogP contribution >= 0.6 is 0 Å². The summed E-state index contributed by atoms with van der Waals surface area (Å²) in [5, 5.41) is 40.1. The second kappa shape index (κ2) is 10.2. The van der Waals surface area contributed by atoms with Crippen molar-refractivity contribution in [2.24, 2.45) is 5.92 Å². The lowest BCUT2D eigenvalue weighted by molar-refractivity contribution is -0.385. The van der Waals surface area contributed by atoms with E-state index in [0.29, 0.717) is 30.8 Å². The zero-order valence-corrected chi connectivity index (χ0v) is 19.3. The Balaban J connectivity index is 1.57. The SMILES string of the molecule is C[C@@H](/C=C/CCn1cc(CCO)nn1)[C@]1(O)C(=O)N(Cc2ccccc2)c2ccc([N+](=O)[O-])cc21. The molecule has 2 N–H and O–H groups in total. The van der Waals surface area contributed by atoms with E-state index in [2.05, 4.69) is 10.3 Å². The van der Waals surface area contributed by atoms with Crippen molar-refractivity contribution < 1.29 is 19.9 Å². The van der Waals surface area contributed by atoms with Gasteiger partial charge in [0.05, 0.1) is 22.8 Å². The van der Waals surface area contributed by atoms with Gasteiger partial charge in [-0.3, -0.25) is 19.6 Å². The van der Waals surface area contributed by atoms with Gasteiger partial charge in [0, 0.05) is 49.4 Å². The number of non-ortho nitro benzene ring substituents is 1. The first kappa shape index (κ1) is 24.2. The maximum Gasteiger partial charge on any atom is 0.269 e. The summed E-state index contributed by atoms with van der Waals surface area (Å²) in [4.78, 5) is 25.9. The molecule has 1 amide bonds. The Labute approximate surface area is 202 Å². The molecular formula is C25H27N5O5. The van der Waals surface area contributed by atoms with Gasteiger partial charge in [-0.25, -0.2) is 0 Å². The molecule has 0 saturated carbocycles. The van der Waals surface area contributed by atoms with Crippen molar-refractivity contribution in [1.29, 1.82) is 0 Å². The van der Waals surface area contributed by atoms with Crippen LogP contribution in [0.2, 0.25) is 0 Å². The van der Waals surface area contributed by atoms with Gasteiger partial charge >= 0.3 is 0 Å². The number of carbonyl (C=O) groups is 1. The van der Waals surface area contributed by atoms with Gasteiger partial charge in [-0.15, -0.1) is 5.10 Å². The number of allylic oxidation sites excluding steroid dienone is 1. The van der Waals surface area contributed by atoms with Crippen LogP contribution in [-0.4, -0.2) is 42.6 Å². The van der Waals surface area contributed by atoms with Gasteiger partial charge in [0.1, 0.15) is 0 Å². The number of aliphatic hydroxyl groups is 2. The standard InChI is InChI=1S/C25H27N5O5/c1-18(7-5-6-13-28-17-20(12-14-31)26-27-28)25(33)22-15-21(30(34)35)10-11-23(22)29(24(25)32)16-19-8-3-2-4-9-19/h2-5,7-11,15,17-18,31,33H,6,12-14,16H2,1H3/b7-5+/t18-,25+/m0/s1. The van der Waals surface area contributed by atoms with Gasteiger partial charge in [0.25, 0.3) is 11.6 Å². The molecule has 0 aliphatic carbocycles. The fourth-order valence-corrected chi connectivity index (χ4v) is 4.29. The van der Waals surface area contributed by atoms with E-state index < -0.39 is 22.3 Å².